The van der Waals surface area contributed by atoms with Gasteiger partial charge in [0.25, 0.3) is 11.8 Å². The van der Waals surface area contributed by atoms with Gasteiger partial charge in [0.2, 0.25) is 0 Å². The quantitative estimate of drug-likeness (QED) is 0.888. The van der Waals surface area contributed by atoms with Crippen LogP contribution in [0, 0.1) is 0 Å². The second-order valence-electron chi connectivity index (χ2n) is 4.48. The summed E-state index contributed by atoms with van der Waals surface area (Å²) < 4.78 is 5.67. The molecule has 2 amide bonds. The van der Waals surface area contributed by atoms with Crippen molar-refractivity contribution < 1.29 is 14.0 Å². The van der Waals surface area contributed by atoms with Gasteiger partial charge in [-0.1, -0.05) is 0 Å². The van der Waals surface area contributed by atoms with E-state index in [1.807, 2.05) is 0 Å². The lowest BCUT2D eigenvalue weighted by Gasteiger charge is -2.04. The molecule has 5 nitrogen and oxygen atoms in total. The summed E-state index contributed by atoms with van der Waals surface area (Å²) in [5, 5.41) is 3.23. The van der Waals surface area contributed by atoms with Crippen molar-refractivity contribution in [2.45, 2.75) is 19.3 Å². The highest BCUT2D eigenvalue weighted by Gasteiger charge is 2.26. The smallest absolute Gasteiger partial charge is 0.292 e. The second kappa shape index (κ2) is 5.06. The first-order valence-corrected chi connectivity index (χ1v) is 7.68. The first-order chi connectivity index (χ1) is 9.56. The highest BCUT2D eigenvalue weighted by atomic mass is 79.9. The number of carbonyl (C=O) groups is 2. The summed E-state index contributed by atoms with van der Waals surface area (Å²) >= 11 is 4.56. The van der Waals surface area contributed by atoms with Crippen LogP contribution in [0.5, 0.6) is 0 Å². The number of nitrogens with one attached hydrogen (secondary N) is 1. The van der Waals surface area contributed by atoms with E-state index in [4.69, 9.17) is 10.2 Å². The number of amides is 2. The number of furan rings is 1. The lowest BCUT2D eigenvalue weighted by molar-refractivity contribution is 0.0996. The van der Waals surface area contributed by atoms with Gasteiger partial charge in [-0.2, -0.15) is 0 Å². The van der Waals surface area contributed by atoms with Gasteiger partial charge in [-0.3, -0.25) is 9.59 Å². The predicted octanol–water partition coefficient (Wildman–Crippen LogP) is 2.94. The minimum Gasteiger partial charge on any atom is -0.444 e. The van der Waals surface area contributed by atoms with E-state index in [1.165, 1.54) is 11.3 Å². The van der Waals surface area contributed by atoms with Crippen molar-refractivity contribution in [2.24, 2.45) is 5.73 Å². The Kier molecular flexibility index (Phi) is 3.39. The van der Waals surface area contributed by atoms with Crippen LogP contribution in [-0.2, 0) is 12.8 Å². The van der Waals surface area contributed by atoms with Gasteiger partial charge < -0.3 is 15.5 Å². The number of hydrogen-bond acceptors (Lipinski definition) is 4. The molecule has 7 heteroatoms. The maximum absolute atomic E-state index is 12.1. The predicted molar refractivity (Wildman–Crippen MR) is 79.2 cm³/mol. The van der Waals surface area contributed by atoms with Crippen molar-refractivity contribution in [3.05, 3.63) is 38.6 Å². The molecule has 0 spiro atoms. The Morgan fingerprint density at radius 3 is 2.80 bits per heavy atom. The third-order valence-corrected chi connectivity index (χ3v) is 4.83. The van der Waals surface area contributed by atoms with Crippen LogP contribution in [-0.4, -0.2) is 11.8 Å². The molecule has 0 radical (unpaired) electrons. The molecule has 1 aliphatic rings. The van der Waals surface area contributed by atoms with Gasteiger partial charge in [0.05, 0.1) is 5.56 Å². The molecular formula is C13H11BrN2O3S. The van der Waals surface area contributed by atoms with E-state index < -0.39 is 11.8 Å². The first-order valence-electron chi connectivity index (χ1n) is 6.07. The zero-order valence-corrected chi connectivity index (χ0v) is 12.8. The molecule has 3 rings (SSSR count). The molecule has 3 N–H and O–H groups in total. The fourth-order valence-electron chi connectivity index (χ4n) is 2.35. The molecule has 0 aliphatic heterocycles. The molecule has 104 valence electrons. The van der Waals surface area contributed by atoms with Crippen molar-refractivity contribution in [2.75, 3.05) is 5.32 Å². The van der Waals surface area contributed by atoms with E-state index in [1.54, 1.807) is 12.1 Å². The van der Waals surface area contributed by atoms with Crippen LogP contribution in [0.4, 0.5) is 5.00 Å². The third kappa shape index (κ3) is 2.27. The van der Waals surface area contributed by atoms with E-state index in [0.717, 1.165) is 29.7 Å². The maximum atomic E-state index is 12.1. The number of carbonyl (C=O) groups excluding carboxylic acids is 2. The molecular weight excluding hydrogens is 344 g/mol. The van der Waals surface area contributed by atoms with Crippen LogP contribution in [0.15, 0.2) is 21.2 Å². The first kappa shape index (κ1) is 13.4. The third-order valence-electron chi connectivity index (χ3n) is 3.19. The van der Waals surface area contributed by atoms with Crippen molar-refractivity contribution in [1.29, 1.82) is 0 Å². The SMILES string of the molecule is NC(=O)c1c(NC(=O)c2ccc(Br)o2)sc2c1CCC2. The molecule has 2 aromatic heterocycles. The van der Waals surface area contributed by atoms with E-state index in [0.29, 0.717) is 15.2 Å². The number of fused-ring (bicyclic) bond motifs is 1. The second-order valence-corrected chi connectivity index (χ2v) is 6.37. The highest BCUT2D eigenvalue weighted by Crippen LogP contribution is 2.39. The van der Waals surface area contributed by atoms with Crippen LogP contribution in [0.25, 0.3) is 0 Å². The fourth-order valence-corrected chi connectivity index (χ4v) is 3.95. The Morgan fingerprint density at radius 1 is 1.35 bits per heavy atom. The summed E-state index contributed by atoms with van der Waals surface area (Å²) in [7, 11) is 0. The molecule has 0 bridgehead atoms. The highest BCUT2D eigenvalue weighted by molar-refractivity contribution is 9.10. The Labute approximate surface area is 127 Å². The molecule has 0 saturated carbocycles. The van der Waals surface area contributed by atoms with Gasteiger partial charge in [-0.15, -0.1) is 11.3 Å². The zero-order chi connectivity index (χ0) is 14.3. The number of hydrogen-bond donors (Lipinski definition) is 2. The van der Waals surface area contributed by atoms with Gasteiger partial charge >= 0.3 is 0 Å². The number of nitrogens with two attached hydrogens (primary N) is 1. The van der Waals surface area contributed by atoms with E-state index in [-0.39, 0.29) is 5.76 Å². The van der Waals surface area contributed by atoms with Crippen molar-refractivity contribution in [3.63, 3.8) is 0 Å². The molecule has 0 unspecified atom stereocenters. The largest absolute Gasteiger partial charge is 0.444 e. The number of halogens is 1. The number of thiophene rings is 1. The summed E-state index contributed by atoms with van der Waals surface area (Å²) in [5.41, 5.74) is 6.87. The Balaban J connectivity index is 1.91. The van der Waals surface area contributed by atoms with Crippen LogP contribution >= 0.6 is 27.3 Å². The van der Waals surface area contributed by atoms with Gasteiger partial charge in [0.15, 0.2) is 10.4 Å². The minimum atomic E-state index is -0.500. The number of rotatable bonds is 3. The number of primary amides is 1. The van der Waals surface area contributed by atoms with Gasteiger partial charge in [-0.05, 0) is 52.9 Å². The van der Waals surface area contributed by atoms with Crippen LogP contribution in [0.2, 0.25) is 0 Å². The van der Waals surface area contributed by atoms with E-state index >= 15 is 0 Å². The Morgan fingerprint density at radius 2 is 2.15 bits per heavy atom. The molecule has 0 aromatic carbocycles. The van der Waals surface area contributed by atoms with Crippen molar-refractivity contribution in [1.82, 2.24) is 0 Å². The molecule has 2 heterocycles. The minimum absolute atomic E-state index is 0.181. The lowest BCUT2D eigenvalue weighted by atomic mass is 10.1. The standard InChI is InChI=1S/C13H11BrN2O3S/c14-9-5-4-7(19-9)12(18)16-13-10(11(15)17)6-2-1-3-8(6)20-13/h4-5H,1-3H2,(H2,15,17)(H,16,18). The van der Waals surface area contributed by atoms with Crippen LogP contribution in [0.1, 0.15) is 37.8 Å². The lowest BCUT2D eigenvalue weighted by Crippen LogP contribution is -2.17. The molecule has 1 aliphatic carbocycles. The van der Waals surface area contributed by atoms with E-state index in [9.17, 15) is 9.59 Å². The Hall–Kier alpha value is -1.60. The average Bonchev–Trinajstić information content (AvgIpc) is 3.03. The summed E-state index contributed by atoms with van der Waals surface area (Å²) in [5.74, 6) is -0.709. The molecule has 2 aromatic rings. The topological polar surface area (TPSA) is 85.3 Å². The van der Waals surface area contributed by atoms with Crippen LogP contribution in [0.3, 0.4) is 0 Å². The maximum Gasteiger partial charge on any atom is 0.292 e. The van der Waals surface area contributed by atoms with Gasteiger partial charge in [0.1, 0.15) is 5.00 Å². The fraction of sp³-hybridized carbons (Fsp3) is 0.231. The molecule has 0 saturated heterocycles. The molecule has 0 atom stereocenters. The molecule has 20 heavy (non-hydrogen) atoms. The zero-order valence-electron chi connectivity index (χ0n) is 10.4. The van der Waals surface area contributed by atoms with Crippen molar-refractivity contribution in [3.8, 4) is 0 Å². The molecule has 0 fully saturated rings. The van der Waals surface area contributed by atoms with Crippen LogP contribution < -0.4 is 11.1 Å². The van der Waals surface area contributed by atoms with Crippen molar-refractivity contribution >= 4 is 44.1 Å². The summed E-state index contributed by atoms with van der Waals surface area (Å²) in [6, 6.07) is 3.20. The summed E-state index contributed by atoms with van der Waals surface area (Å²) in [4.78, 5) is 24.8. The summed E-state index contributed by atoms with van der Waals surface area (Å²) in [6.45, 7) is 0. The normalized spacial score (nSPS) is 13.2. The number of anilines is 1. The average molecular weight is 355 g/mol. The van der Waals surface area contributed by atoms with Gasteiger partial charge in [0, 0.05) is 4.88 Å². The van der Waals surface area contributed by atoms with Gasteiger partial charge in [-0.25, -0.2) is 0 Å². The van der Waals surface area contributed by atoms with E-state index in [2.05, 4.69) is 21.2 Å². The monoisotopic (exact) mass is 354 g/mol. The number of aryl methyl sites for hydroxylation is 1. The Bertz CT molecular complexity index is 705. The summed E-state index contributed by atoms with van der Waals surface area (Å²) in [6.07, 6.45) is 2.80.